The van der Waals surface area contributed by atoms with Crippen molar-refractivity contribution in [1.82, 2.24) is 4.98 Å². The number of carbonyl (C=O) groups is 1. The van der Waals surface area contributed by atoms with Crippen molar-refractivity contribution in [1.29, 1.82) is 0 Å². The number of hydrogen-bond acceptors (Lipinski definition) is 4. The maximum absolute atomic E-state index is 12.6. The molecular formula is C22H18N2OS2. The molecule has 0 radical (unpaired) electrons. The molecule has 4 aromatic rings. The lowest BCUT2D eigenvalue weighted by Crippen LogP contribution is -2.15. The third-order valence-electron chi connectivity index (χ3n) is 4.25. The number of para-hydroxylation sites is 2. The topological polar surface area (TPSA) is 42.0 Å². The summed E-state index contributed by atoms with van der Waals surface area (Å²) in [6, 6.07) is 24.0. The maximum atomic E-state index is 12.6. The van der Waals surface area contributed by atoms with Gasteiger partial charge in [-0.2, -0.15) is 0 Å². The number of benzene rings is 3. The second kappa shape index (κ2) is 7.94. The molecule has 1 aromatic heterocycles. The smallest absolute Gasteiger partial charge is 0.228 e. The van der Waals surface area contributed by atoms with Gasteiger partial charge in [0, 0.05) is 10.5 Å². The molecule has 0 aliphatic heterocycles. The van der Waals surface area contributed by atoms with E-state index in [1.165, 1.54) is 4.90 Å². The Morgan fingerprint density at radius 1 is 1.00 bits per heavy atom. The fraction of sp³-hybridized carbons (Fsp3) is 0.0909. The number of fused-ring (bicyclic) bond motifs is 1. The van der Waals surface area contributed by atoms with E-state index < -0.39 is 0 Å². The molecule has 1 N–H and O–H groups in total. The fourth-order valence-electron chi connectivity index (χ4n) is 2.89. The van der Waals surface area contributed by atoms with Crippen molar-refractivity contribution in [3.05, 3.63) is 78.4 Å². The Morgan fingerprint density at radius 2 is 1.74 bits per heavy atom. The number of anilines is 1. The van der Waals surface area contributed by atoms with Gasteiger partial charge in [-0.1, -0.05) is 36.4 Å². The van der Waals surface area contributed by atoms with Gasteiger partial charge in [0.05, 0.1) is 22.3 Å². The SMILES string of the molecule is CSc1ccc(CC(=O)Nc2ccccc2-c2nc3ccccc3s2)cc1. The summed E-state index contributed by atoms with van der Waals surface area (Å²) in [4.78, 5) is 18.5. The minimum Gasteiger partial charge on any atom is -0.325 e. The van der Waals surface area contributed by atoms with E-state index in [0.29, 0.717) is 6.42 Å². The predicted octanol–water partition coefficient (Wildman–Crippen LogP) is 5.87. The molecule has 0 unspecified atom stereocenters. The van der Waals surface area contributed by atoms with Gasteiger partial charge in [-0.25, -0.2) is 4.98 Å². The summed E-state index contributed by atoms with van der Waals surface area (Å²) in [6.45, 7) is 0. The maximum Gasteiger partial charge on any atom is 0.228 e. The van der Waals surface area contributed by atoms with Crippen molar-refractivity contribution in [2.75, 3.05) is 11.6 Å². The molecule has 27 heavy (non-hydrogen) atoms. The molecule has 0 fully saturated rings. The largest absolute Gasteiger partial charge is 0.325 e. The summed E-state index contributed by atoms with van der Waals surface area (Å²) in [6.07, 6.45) is 2.39. The van der Waals surface area contributed by atoms with Crippen molar-refractivity contribution < 1.29 is 4.79 Å². The summed E-state index contributed by atoms with van der Waals surface area (Å²) in [7, 11) is 0. The molecule has 0 saturated carbocycles. The van der Waals surface area contributed by atoms with Gasteiger partial charge in [-0.05, 0) is 48.2 Å². The van der Waals surface area contributed by atoms with E-state index in [9.17, 15) is 4.79 Å². The minimum absolute atomic E-state index is 0.0273. The molecule has 4 rings (SSSR count). The molecule has 0 aliphatic rings. The van der Waals surface area contributed by atoms with Gasteiger partial charge in [-0.3, -0.25) is 4.79 Å². The molecule has 5 heteroatoms. The highest BCUT2D eigenvalue weighted by Crippen LogP contribution is 2.34. The Kier molecular flexibility index (Phi) is 5.23. The van der Waals surface area contributed by atoms with E-state index in [2.05, 4.69) is 11.4 Å². The van der Waals surface area contributed by atoms with Crippen LogP contribution in [0.15, 0.2) is 77.7 Å². The highest BCUT2D eigenvalue weighted by Gasteiger charge is 2.12. The van der Waals surface area contributed by atoms with Gasteiger partial charge < -0.3 is 5.32 Å². The van der Waals surface area contributed by atoms with E-state index in [-0.39, 0.29) is 5.91 Å². The van der Waals surface area contributed by atoms with Crippen molar-refractivity contribution in [2.45, 2.75) is 11.3 Å². The molecule has 0 saturated heterocycles. The Bertz CT molecular complexity index is 1050. The van der Waals surface area contributed by atoms with Gasteiger partial charge in [0.15, 0.2) is 0 Å². The first-order valence-electron chi connectivity index (χ1n) is 8.61. The van der Waals surface area contributed by atoms with Crippen molar-refractivity contribution in [3.8, 4) is 10.6 Å². The van der Waals surface area contributed by atoms with Crippen LogP contribution < -0.4 is 5.32 Å². The zero-order valence-electron chi connectivity index (χ0n) is 14.8. The normalized spacial score (nSPS) is 10.9. The van der Waals surface area contributed by atoms with Crippen LogP contribution in [0, 0.1) is 0 Å². The monoisotopic (exact) mass is 390 g/mol. The van der Waals surface area contributed by atoms with Crippen molar-refractivity contribution >= 4 is 44.9 Å². The molecule has 3 aromatic carbocycles. The Labute approximate surface area is 166 Å². The lowest BCUT2D eigenvalue weighted by molar-refractivity contribution is -0.115. The molecule has 0 spiro atoms. The number of nitrogens with zero attached hydrogens (tertiary/aromatic N) is 1. The third kappa shape index (κ3) is 4.04. The Balaban J connectivity index is 1.56. The molecule has 0 atom stereocenters. The van der Waals surface area contributed by atoms with Gasteiger partial charge >= 0.3 is 0 Å². The first-order valence-corrected chi connectivity index (χ1v) is 10.6. The number of amides is 1. The molecule has 0 aliphatic carbocycles. The number of thioether (sulfide) groups is 1. The van der Waals surface area contributed by atoms with E-state index in [4.69, 9.17) is 4.98 Å². The van der Waals surface area contributed by atoms with Crippen molar-refractivity contribution in [2.24, 2.45) is 0 Å². The number of carbonyl (C=O) groups excluding carboxylic acids is 1. The van der Waals surface area contributed by atoms with Crippen LogP contribution in [0.2, 0.25) is 0 Å². The highest BCUT2D eigenvalue weighted by atomic mass is 32.2. The average molecular weight is 391 g/mol. The molecular weight excluding hydrogens is 372 g/mol. The number of rotatable bonds is 5. The first-order chi connectivity index (χ1) is 13.2. The summed E-state index contributed by atoms with van der Waals surface area (Å²) in [5.74, 6) is -0.0273. The van der Waals surface area contributed by atoms with E-state index in [0.717, 1.165) is 32.0 Å². The predicted molar refractivity (Wildman–Crippen MR) is 116 cm³/mol. The molecule has 134 valence electrons. The van der Waals surface area contributed by atoms with Gasteiger partial charge in [0.25, 0.3) is 0 Å². The molecule has 3 nitrogen and oxygen atoms in total. The minimum atomic E-state index is -0.0273. The lowest BCUT2D eigenvalue weighted by Gasteiger charge is -2.09. The zero-order valence-corrected chi connectivity index (χ0v) is 16.4. The lowest BCUT2D eigenvalue weighted by atomic mass is 10.1. The number of thiazole rings is 1. The summed E-state index contributed by atoms with van der Waals surface area (Å²) < 4.78 is 1.14. The van der Waals surface area contributed by atoms with Crippen LogP contribution in [0.3, 0.4) is 0 Å². The van der Waals surface area contributed by atoms with Crippen LogP contribution in [0.5, 0.6) is 0 Å². The van der Waals surface area contributed by atoms with Crippen LogP contribution in [0.4, 0.5) is 5.69 Å². The Hall–Kier alpha value is -2.63. The third-order valence-corrected chi connectivity index (χ3v) is 6.06. The quantitative estimate of drug-likeness (QED) is 0.434. The standard InChI is InChI=1S/C22H18N2OS2/c1-26-16-12-10-15(11-13-16)14-21(25)23-18-7-3-2-6-17(18)22-24-19-8-4-5-9-20(19)27-22/h2-13H,14H2,1H3,(H,23,25). The summed E-state index contributed by atoms with van der Waals surface area (Å²) in [5.41, 5.74) is 3.72. The Morgan fingerprint density at radius 3 is 2.52 bits per heavy atom. The summed E-state index contributed by atoms with van der Waals surface area (Å²) >= 11 is 3.33. The first kappa shape index (κ1) is 17.8. The second-order valence-corrected chi connectivity index (χ2v) is 8.02. The fourth-order valence-corrected chi connectivity index (χ4v) is 4.30. The van der Waals surface area contributed by atoms with E-state index in [1.54, 1.807) is 23.1 Å². The summed E-state index contributed by atoms with van der Waals surface area (Å²) in [5, 5.41) is 3.97. The van der Waals surface area contributed by atoms with Gasteiger partial charge in [0.1, 0.15) is 5.01 Å². The molecule has 1 amide bonds. The number of aromatic nitrogens is 1. The van der Waals surface area contributed by atoms with Gasteiger partial charge in [-0.15, -0.1) is 23.1 Å². The van der Waals surface area contributed by atoms with Crippen molar-refractivity contribution in [3.63, 3.8) is 0 Å². The highest BCUT2D eigenvalue weighted by molar-refractivity contribution is 7.98. The van der Waals surface area contributed by atoms with Gasteiger partial charge in [0.2, 0.25) is 5.91 Å². The van der Waals surface area contributed by atoms with Crippen LogP contribution in [-0.4, -0.2) is 17.1 Å². The van der Waals surface area contributed by atoms with Crippen LogP contribution >= 0.6 is 23.1 Å². The van der Waals surface area contributed by atoms with Crippen LogP contribution in [-0.2, 0) is 11.2 Å². The average Bonchev–Trinajstić information content (AvgIpc) is 3.13. The van der Waals surface area contributed by atoms with E-state index in [1.807, 2.05) is 73.0 Å². The van der Waals surface area contributed by atoms with E-state index >= 15 is 0 Å². The van der Waals surface area contributed by atoms with Crippen LogP contribution in [0.25, 0.3) is 20.8 Å². The molecule has 0 bridgehead atoms. The molecule has 1 heterocycles. The zero-order chi connectivity index (χ0) is 18.6. The van der Waals surface area contributed by atoms with Crippen LogP contribution in [0.1, 0.15) is 5.56 Å². The second-order valence-electron chi connectivity index (χ2n) is 6.11. The number of hydrogen-bond donors (Lipinski definition) is 1. The number of nitrogens with one attached hydrogen (secondary N) is 1.